The third kappa shape index (κ3) is 8.70. The molecule has 0 fully saturated rings. The minimum absolute atomic E-state index is 0.0885. The molecule has 0 aromatic rings. The second kappa shape index (κ2) is 7.29. The molecule has 0 radical (unpaired) electrons. The summed E-state index contributed by atoms with van der Waals surface area (Å²) in [4.78, 5) is 12.7. The zero-order chi connectivity index (χ0) is 13.5. The summed E-state index contributed by atoms with van der Waals surface area (Å²) >= 11 is 0. The smallest absolute Gasteiger partial charge is 0.317 e. The highest BCUT2D eigenvalue weighted by Gasteiger charge is 2.17. The summed E-state index contributed by atoms with van der Waals surface area (Å²) in [5.41, 5.74) is -0.313. The lowest BCUT2D eigenvalue weighted by Crippen LogP contribution is -2.34. The van der Waals surface area contributed by atoms with Crippen molar-refractivity contribution in [2.24, 2.45) is 11.3 Å². The summed E-state index contributed by atoms with van der Waals surface area (Å²) in [6.45, 7) is 9.61. The lowest BCUT2D eigenvalue weighted by molar-refractivity contribution is -0.138. The highest BCUT2D eigenvalue weighted by atomic mass is 16.4. The van der Waals surface area contributed by atoms with Crippen LogP contribution in [0.5, 0.6) is 0 Å². The van der Waals surface area contributed by atoms with E-state index >= 15 is 0 Å². The molecule has 0 saturated carbocycles. The van der Waals surface area contributed by atoms with Gasteiger partial charge in [-0.25, -0.2) is 0 Å². The van der Waals surface area contributed by atoms with Crippen molar-refractivity contribution >= 4 is 5.97 Å². The molecule has 17 heavy (non-hydrogen) atoms. The number of hydrogen-bond acceptors (Lipinski definition) is 3. The fourth-order valence-electron chi connectivity index (χ4n) is 1.74. The van der Waals surface area contributed by atoms with E-state index in [1.54, 1.807) is 0 Å². The summed E-state index contributed by atoms with van der Waals surface area (Å²) in [7, 11) is 0. The van der Waals surface area contributed by atoms with E-state index in [1.165, 1.54) is 0 Å². The molecule has 4 nitrogen and oxygen atoms in total. The Kier molecular flexibility index (Phi) is 6.82. The molecule has 0 aromatic carbocycles. The van der Waals surface area contributed by atoms with Gasteiger partial charge in [0.1, 0.15) is 0 Å². The van der Waals surface area contributed by atoms with E-state index in [1.807, 2.05) is 18.7 Å². The van der Waals surface area contributed by atoms with Crippen LogP contribution in [0.2, 0.25) is 0 Å². The van der Waals surface area contributed by atoms with Crippen LogP contribution in [0.25, 0.3) is 0 Å². The van der Waals surface area contributed by atoms with E-state index < -0.39 is 5.97 Å². The van der Waals surface area contributed by atoms with E-state index in [0.29, 0.717) is 5.92 Å². The molecule has 0 unspecified atom stereocenters. The van der Waals surface area contributed by atoms with Gasteiger partial charge in [-0.2, -0.15) is 5.26 Å². The first-order valence-corrected chi connectivity index (χ1v) is 6.12. The number of aliphatic carboxylic acids is 1. The van der Waals surface area contributed by atoms with Crippen LogP contribution >= 0.6 is 0 Å². The third-order valence-electron chi connectivity index (χ3n) is 2.56. The molecule has 0 rings (SSSR count). The van der Waals surface area contributed by atoms with Crippen LogP contribution in [0, 0.1) is 22.7 Å². The number of nitriles is 1. The molecule has 0 aliphatic carbocycles. The lowest BCUT2D eigenvalue weighted by atomic mass is 9.90. The standard InChI is InChI=1S/C13H24N2O2/c1-11(2)8-15(9-12(16)17)7-5-6-13(3,4)10-14/h11H,5-9H2,1-4H3,(H,16,17). The van der Waals surface area contributed by atoms with E-state index in [4.69, 9.17) is 10.4 Å². The lowest BCUT2D eigenvalue weighted by Gasteiger charge is -2.23. The molecule has 0 heterocycles. The largest absolute Gasteiger partial charge is 0.480 e. The maximum Gasteiger partial charge on any atom is 0.317 e. The maximum absolute atomic E-state index is 10.7. The van der Waals surface area contributed by atoms with Crippen LogP contribution in [0.15, 0.2) is 0 Å². The molecule has 0 atom stereocenters. The minimum Gasteiger partial charge on any atom is -0.480 e. The number of carboxylic acids is 1. The monoisotopic (exact) mass is 240 g/mol. The topological polar surface area (TPSA) is 64.3 Å². The number of nitrogens with zero attached hydrogens (tertiary/aromatic N) is 2. The molecule has 0 saturated heterocycles. The molecule has 0 bridgehead atoms. The van der Waals surface area contributed by atoms with Crippen molar-refractivity contribution in [3.05, 3.63) is 0 Å². The Bertz CT molecular complexity index is 280. The molecular weight excluding hydrogens is 216 g/mol. The number of carboxylic acid groups (broad SMARTS) is 1. The highest BCUT2D eigenvalue weighted by molar-refractivity contribution is 5.69. The normalized spacial score (nSPS) is 11.8. The summed E-state index contributed by atoms with van der Waals surface area (Å²) in [6, 6.07) is 2.26. The van der Waals surface area contributed by atoms with Gasteiger partial charge in [0.05, 0.1) is 18.0 Å². The maximum atomic E-state index is 10.7. The van der Waals surface area contributed by atoms with Crippen LogP contribution in [-0.4, -0.2) is 35.6 Å². The zero-order valence-corrected chi connectivity index (χ0v) is 11.4. The van der Waals surface area contributed by atoms with Gasteiger partial charge >= 0.3 is 5.97 Å². The SMILES string of the molecule is CC(C)CN(CCCC(C)(C)C#N)CC(=O)O. The first kappa shape index (κ1) is 15.9. The Morgan fingerprint density at radius 1 is 1.47 bits per heavy atom. The van der Waals surface area contributed by atoms with E-state index in [9.17, 15) is 4.79 Å². The van der Waals surface area contributed by atoms with Gasteiger partial charge in [0.2, 0.25) is 0 Å². The van der Waals surface area contributed by atoms with Gasteiger partial charge in [-0.15, -0.1) is 0 Å². The molecular formula is C13H24N2O2. The second-order valence-electron chi connectivity index (χ2n) is 5.62. The summed E-state index contributed by atoms with van der Waals surface area (Å²) in [5, 5.41) is 17.7. The van der Waals surface area contributed by atoms with Gasteiger partial charge in [-0.3, -0.25) is 9.69 Å². The molecule has 0 aliphatic rings. The van der Waals surface area contributed by atoms with Crippen molar-refractivity contribution in [2.75, 3.05) is 19.6 Å². The average molecular weight is 240 g/mol. The Hall–Kier alpha value is -1.08. The predicted octanol–water partition coefficient (Wildman–Crippen LogP) is 2.36. The molecule has 0 amide bonds. The number of rotatable bonds is 8. The van der Waals surface area contributed by atoms with Crippen molar-refractivity contribution in [1.29, 1.82) is 5.26 Å². The molecule has 1 N–H and O–H groups in total. The Morgan fingerprint density at radius 2 is 2.06 bits per heavy atom. The van der Waals surface area contributed by atoms with Gasteiger partial charge in [-0.1, -0.05) is 13.8 Å². The van der Waals surface area contributed by atoms with Crippen molar-refractivity contribution in [3.63, 3.8) is 0 Å². The summed E-state index contributed by atoms with van der Waals surface area (Å²) < 4.78 is 0. The predicted molar refractivity (Wildman–Crippen MR) is 67.5 cm³/mol. The fraction of sp³-hybridized carbons (Fsp3) is 0.846. The Morgan fingerprint density at radius 3 is 2.47 bits per heavy atom. The van der Waals surface area contributed by atoms with Gasteiger partial charge in [0.25, 0.3) is 0 Å². The number of hydrogen-bond donors (Lipinski definition) is 1. The van der Waals surface area contributed by atoms with Crippen LogP contribution < -0.4 is 0 Å². The van der Waals surface area contributed by atoms with Crippen LogP contribution in [0.1, 0.15) is 40.5 Å². The summed E-state index contributed by atoms with van der Waals surface area (Å²) in [5.74, 6) is -0.330. The first-order valence-electron chi connectivity index (χ1n) is 6.12. The van der Waals surface area contributed by atoms with Gasteiger partial charge in [0, 0.05) is 6.54 Å². The quantitative estimate of drug-likeness (QED) is 0.707. The van der Waals surface area contributed by atoms with E-state index in [2.05, 4.69) is 19.9 Å². The molecule has 98 valence electrons. The average Bonchev–Trinajstić information content (AvgIpc) is 2.15. The van der Waals surface area contributed by atoms with Gasteiger partial charge in [-0.05, 0) is 39.2 Å². The van der Waals surface area contributed by atoms with Crippen LogP contribution in [0.4, 0.5) is 0 Å². The van der Waals surface area contributed by atoms with Gasteiger partial charge in [0.15, 0.2) is 0 Å². The second-order valence-corrected chi connectivity index (χ2v) is 5.62. The van der Waals surface area contributed by atoms with Crippen molar-refractivity contribution in [2.45, 2.75) is 40.5 Å². The Labute approximate surface area is 104 Å². The molecule has 4 heteroatoms. The fourth-order valence-corrected chi connectivity index (χ4v) is 1.74. The summed E-state index contributed by atoms with van der Waals surface area (Å²) in [6.07, 6.45) is 1.66. The van der Waals surface area contributed by atoms with Gasteiger partial charge < -0.3 is 5.11 Å². The minimum atomic E-state index is -0.787. The highest BCUT2D eigenvalue weighted by Crippen LogP contribution is 2.20. The molecule has 0 aromatic heterocycles. The van der Waals surface area contributed by atoms with Crippen LogP contribution in [0.3, 0.4) is 0 Å². The molecule has 0 spiro atoms. The van der Waals surface area contributed by atoms with Crippen molar-refractivity contribution in [3.8, 4) is 6.07 Å². The van der Waals surface area contributed by atoms with Crippen molar-refractivity contribution < 1.29 is 9.90 Å². The van der Waals surface area contributed by atoms with Crippen molar-refractivity contribution in [1.82, 2.24) is 4.90 Å². The third-order valence-corrected chi connectivity index (χ3v) is 2.56. The Balaban J connectivity index is 4.08. The van der Waals surface area contributed by atoms with E-state index in [0.717, 1.165) is 25.9 Å². The van der Waals surface area contributed by atoms with E-state index in [-0.39, 0.29) is 12.0 Å². The van der Waals surface area contributed by atoms with Crippen LogP contribution in [-0.2, 0) is 4.79 Å². The first-order chi connectivity index (χ1) is 7.76. The molecule has 0 aliphatic heterocycles. The zero-order valence-electron chi connectivity index (χ0n) is 11.4. The number of carbonyl (C=O) groups is 1.